The maximum atomic E-state index is 13.9. The fourth-order valence-corrected chi connectivity index (χ4v) is 6.50. The highest BCUT2D eigenvalue weighted by molar-refractivity contribution is 6.02. The van der Waals surface area contributed by atoms with Gasteiger partial charge in [0.2, 0.25) is 17.7 Å². The molecule has 1 spiro atoms. The number of rotatable bonds is 11. The van der Waals surface area contributed by atoms with Gasteiger partial charge < -0.3 is 25.4 Å². The molecule has 3 saturated heterocycles. The summed E-state index contributed by atoms with van der Waals surface area (Å²) in [5.41, 5.74) is -1.20. The molecule has 6 atom stereocenters. The number of likely N-dealkylation sites (tertiary alicyclic amines) is 1. The Kier molecular flexibility index (Phi) is 7.52. The first-order valence-corrected chi connectivity index (χ1v) is 13.0. The van der Waals surface area contributed by atoms with E-state index in [1.165, 1.54) is 0 Å². The summed E-state index contributed by atoms with van der Waals surface area (Å²) < 4.78 is 6.69. The molecule has 3 fully saturated rings. The number of aliphatic hydroxyl groups excluding tert-OH is 1. The molecule has 3 amide bonds. The molecule has 0 radical (unpaired) electrons. The fraction of sp³-hybridized carbons (Fsp3) is 0.667. The van der Waals surface area contributed by atoms with Crippen molar-refractivity contribution in [1.29, 1.82) is 0 Å². The van der Waals surface area contributed by atoms with Gasteiger partial charge in [0.05, 0.1) is 17.4 Å². The number of hydrogen-bond acceptors (Lipinski definition) is 5. The van der Waals surface area contributed by atoms with Crippen molar-refractivity contribution in [3.05, 3.63) is 30.3 Å². The van der Waals surface area contributed by atoms with E-state index in [0.717, 1.165) is 19.3 Å². The van der Waals surface area contributed by atoms with Gasteiger partial charge in [-0.25, -0.2) is 0 Å². The zero-order valence-electron chi connectivity index (χ0n) is 21.1. The van der Waals surface area contributed by atoms with E-state index in [2.05, 4.69) is 17.6 Å². The first-order valence-electron chi connectivity index (χ1n) is 13.0. The minimum absolute atomic E-state index is 0.00542. The van der Waals surface area contributed by atoms with Crippen LogP contribution < -0.4 is 10.6 Å². The van der Waals surface area contributed by atoms with Crippen molar-refractivity contribution in [2.75, 3.05) is 25.0 Å². The Morgan fingerprint density at radius 3 is 2.57 bits per heavy atom. The highest BCUT2D eigenvalue weighted by Crippen LogP contribution is 2.65. The van der Waals surface area contributed by atoms with E-state index < -0.39 is 29.1 Å². The summed E-state index contributed by atoms with van der Waals surface area (Å²) in [5.74, 6) is -2.05. The first kappa shape index (κ1) is 25.6. The standard InChI is InChI=1S/C27H39N3O5/c1-4-5-9-14-28-24(33)22-27-17-18(2)26(3,35-27)20(23(32)29-19-12-7-6-8-13-19)21(27)25(34)30(22)15-10-11-16-31/h6-8,12-13,18,20-22,31H,4-5,9-11,14-17H2,1-3H3,(H,28,33)(H,29,32)/t18?,20-,21+,22?,26+,27?/m1/s1. The number of aliphatic hydroxyl groups is 1. The van der Waals surface area contributed by atoms with Crippen molar-refractivity contribution in [1.82, 2.24) is 10.2 Å². The summed E-state index contributed by atoms with van der Waals surface area (Å²) in [6.45, 7) is 7.00. The Labute approximate surface area is 207 Å². The van der Waals surface area contributed by atoms with Crippen molar-refractivity contribution < 1.29 is 24.2 Å². The van der Waals surface area contributed by atoms with Crippen LogP contribution in [-0.2, 0) is 19.1 Å². The molecule has 192 valence electrons. The molecule has 3 unspecified atom stereocenters. The smallest absolute Gasteiger partial charge is 0.245 e. The van der Waals surface area contributed by atoms with Gasteiger partial charge in [-0.3, -0.25) is 14.4 Å². The Morgan fingerprint density at radius 2 is 1.89 bits per heavy atom. The normalized spacial score (nSPS) is 33.1. The minimum Gasteiger partial charge on any atom is -0.396 e. The quantitative estimate of drug-likeness (QED) is 0.418. The molecule has 2 bridgehead atoms. The number of unbranched alkanes of at least 4 members (excludes halogenated alkanes) is 3. The molecule has 8 heteroatoms. The molecule has 0 aromatic heterocycles. The third kappa shape index (κ3) is 4.35. The predicted molar refractivity (Wildman–Crippen MR) is 132 cm³/mol. The Morgan fingerprint density at radius 1 is 1.14 bits per heavy atom. The van der Waals surface area contributed by atoms with Crippen molar-refractivity contribution in [3.63, 3.8) is 0 Å². The maximum Gasteiger partial charge on any atom is 0.245 e. The number of amides is 3. The van der Waals surface area contributed by atoms with Gasteiger partial charge in [0.25, 0.3) is 0 Å². The Hall–Kier alpha value is -2.45. The summed E-state index contributed by atoms with van der Waals surface area (Å²) in [4.78, 5) is 42.7. The maximum absolute atomic E-state index is 13.9. The number of ether oxygens (including phenoxy) is 1. The van der Waals surface area contributed by atoms with E-state index in [4.69, 9.17) is 4.74 Å². The number of anilines is 1. The van der Waals surface area contributed by atoms with Crippen LogP contribution >= 0.6 is 0 Å². The summed E-state index contributed by atoms with van der Waals surface area (Å²) >= 11 is 0. The molecular weight excluding hydrogens is 446 g/mol. The summed E-state index contributed by atoms with van der Waals surface area (Å²) in [6, 6.07) is 8.43. The van der Waals surface area contributed by atoms with E-state index in [9.17, 15) is 19.5 Å². The monoisotopic (exact) mass is 485 g/mol. The van der Waals surface area contributed by atoms with Crippen LogP contribution in [0.1, 0.15) is 59.3 Å². The Bertz CT molecular complexity index is 940. The number of nitrogens with zero attached hydrogens (tertiary/aromatic N) is 1. The minimum atomic E-state index is -1.03. The van der Waals surface area contributed by atoms with E-state index in [-0.39, 0.29) is 30.2 Å². The second-order valence-electron chi connectivity index (χ2n) is 10.5. The van der Waals surface area contributed by atoms with E-state index in [0.29, 0.717) is 38.0 Å². The average Bonchev–Trinajstić information content (AvgIpc) is 3.34. The van der Waals surface area contributed by atoms with Gasteiger partial charge in [0, 0.05) is 25.4 Å². The molecule has 35 heavy (non-hydrogen) atoms. The van der Waals surface area contributed by atoms with Gasteiger partial charge in [-0.2, -0.15) is 0 Å². The summed E-state index contributed by atoms with van der Waals surface area (Å²) in [7, 11) is 0. The molecule has 1 aromatic carbocycles. The van der Waals surface area contributed by atoms with Crippen molar-refractivity contribution in [2.24, 2.45) is 17.8 Å². The van der Waals surface area contributed by atoms with Gasteiger partial charge in [-0.05, 0) is 50.7 Å². The average molecular weight is 486 g/mol. The van der Waals surface area contributed by atoms with Crippen LogP contribution in [0, 0.1) is 17.8 Å². The molecule has 3 heterocycles. The number of carbonyl (C=O) groups excluding carboxylic acids is 3. The van der Waals surface area contributed by atoms with E-state index in [1.54, 1.807) is 4.90 Å². The van der Waals surface area contributed by atoms with Crippen LogP contribution in [0.4, 0.5) is 5.69 Å². The predicted octanol–water partition coefficient (Wildman–Crippen LogP) is 2.71. The summed E-state index contributed by atoms with van der Waals surface area (Å²) in [6.07, 6.45) is 4.62. The van der Waals surface area contributed by atoms with E-state index >= 15 is 0 Å². The zero-order valence-corrected chi connectivity index (χ0v) is 21.1. The highest BCUT2D eigenvalue weighted by atomic mass is 16.5. The second kappa shape index (κ2) is 10.3. The molecular formula is C27H39N3O5. The Balaban J connectivity index is 1.66. The molecule has 0 aliphatic carbocycles. The van der Waals surface area contributed by atoms with Gasteiger partial charge in [-0.15, -0.1) is 0 Å². The van der Waals surface area contributed by atoms with Gasteiger partial charge >= 0.3 is 0 Å². The van der Waals surface area contributed by atoms with E-state index in [1.807, 2.05) is 44.2 Å². The van der Waals surface area contributed by atoms with Crippen LogP contribution in [-0.4, -0.2) is 64.7 Å². The van der Waals surface area contributed by atoms with Crippen molar-refractivity contribution in [2.45, 2.75) is 76.5 Å². The van der Waals surface area contributed by atoms with Crippen molar-refractivity contribution in [3.8, 4) is 0 Å². The van der Waals surface area contributed by atoms with Crippen LogP contribution in [0.2, 0.25) is 0 Å². The molecule has 3 N–H and O–H groups in total. The largest absolute Gasteiger partial charge is 0.396 e. The highest BCUT2D eigenvalue weighted by Gasteiger charge is 2.79. The lowest BCUT2D eigenvalue weighted by Gasteiger charge is -2.36. The number of hydrogen-bond donors (Lipinski definition) is 3. The van der Waals surface area contributed by atoms with Gasteiger partial charge in [-0.1, -0.05) is 44.9 Å². The van der Waals surface area contributed by atoms with Gasteiger partial charge in [0.15, 0.2) is 0 Å². The fourth-order valence-electron chi connectivity index (χ4n) is 6.50. The topological polar surface area (TPSA) is 108 Å². The zero-order chi connectivity index (χ0) is 25.2. The van der Waals surface area contributed by atoms with Crippen LogP contribution in [0.5, 0.6) is 0 Å². The van der Waals surface area contributed by atoms with Crippen molar-refractivity contribution >= 4 is 23.4 Å². The second-order valence-corrected chi connectivity index (χ2v) is 10.5. The first-order chi connectivity index (χ1) is 16.8. The van der Waals surface area contributed by atoms with Gasteiger partial charge in [0.1, 0.15) is 11.6 Å². The van der Waals surface area contributed by atoms with Crippen LogP contribution in [0.25, 0.3) is 0 Å². The number of carbonyl (C=O) groups is 3. The third-order valence-corrected chi connectivity index (χ3v) is 8.27. The molecule has 8 nitrogen and oxygen atoms in total. The SMILES string of the molecule is CCCCCNC(=O)C1N(CCCCO)C(=O)[C@@H]2[C@H](C(=O)Nc3ccccc3)[C@@]3(C)OC12CC3C. The summed E-state index contributed by atoms with van der Waals surface area (Å²) in [5, 5.41) is 15.3. The number of para-hydroxylation sites is 1. The third-order valence-electron chi connectivity index (χ3n) is 8.27. The number of nitrogens with one attached hydrogen (secondary N) is 2. The number of fused-ring (bicyclic) bond motifs is 1. The lowest BCUT2D eigenvalue weighted by atomic mass is 9.62. The van der Waals surface area contributed by atoms with Crippen LogP contribution in [0.15, 0.2) is 30.3 Å². The van der Waals surface area contributed by atoms with Crippen LogP contribution in [0.3, 0.4) is 0 Å². The molecule has 1 aromatic rings. The molecule has 4 rings (SSSR count). The molecule has 3 aliphatic rings. The molecule has 0 saturated carbocycles. The lowest BCUT2D eigenvalue weighted by molar-refractivity contribution is -0.146. The number of benzene rings is 1. The lowest BCUT2D eigenvalue weighted by Crippen LogP contribution is -2.55. The molecule has 3 aliphatic heterocycles.